The highest BCUT2D eigenvalue weighted by Crippen LogP contribution is 2.12. The van der Waals surface area contributed by atoms with Crippen molar-refractivity contribution in [2.75, 3.05) is 13.1 Å². The molecule has 1 fully saturated rings. The predicted octanol–water partition coefficient (Wildman–Crippen LogP) is 0.255. The number of hydrogen-bond donors (Lipinski definition) is 1. The van der Waals surface area contributed by atoms with Gasteiger partial charge in [0.05, 0.1) is 16.0 Å². The van der Waals surface area contributed by atoms with Gasteiger partial charge in [0.15, 0.2) is 0 Å². The van der Waals surface area contributed by atoms with Gasteiger partial charge in [0.2, 0.25) is 5.16 Å². The largest absolute Gasteiger partial charge is 0.315 e. The van der Waals surface area contributed by atoms with E-state index in [9.17, 15) is 4.21 Å². The molecule has 1 aliphatic rings. The summed E-state index contributed by atoms with van der Waals surface area (Å²) >= 11 is 0. The zero-order chi connectivity index (χ0) is 9.97. The quantitative estimate of drug-likeness (QED) is 0.713. The molecule has 0 aliphatic carbocycles. The average molecular weight is 211 g/mol. The molecule has 0 unspecified atom stereocenters. The Morgan fingerprint density at radius 1 is 1.64 bits per heavy atom. The summed E-state index contributed by atoms with van der Waals surface area (Å²) in [5.41, 5.74) is 0.870. The predicted molar refractivity (Wildman–Crippen MR) is 54.5 cm³/mol. The molecule has 1 aromatic heterocycles. The second kappa shape index (κ2) is 4.14. The first kappa shape index (κ1) is 9.73. The molecule has 2 rings (SSSR count). The van der Waals surface area contributed by atoms with Crippen molar-refractivity contribution in [1.29, 1.82) is 0 Å². The fraction of sp³-hybridized carbons (Fsp3) is 0.556. The molecule has 2 atom stereocenters. The van der Waals surface area contributed by atoms with E-state index in [0.29, 0.717) is 5.16 Å². The highest BCUT2D eigenvalue weighted by molar-refractivity contribution is 7.85. The summed E-state index contributed by atoms with van der Waals surface area (Å²) < 4.78 is 11.9. The third-order valence-corrected chi connectivity index (χ3v) is 3.83. The van der Waals surface area contributed by atoms with Crippen molar-refractivity contribution >= 4 is 10.8 Å². The molecule has 1 aromatic rings. The number of hydrogen-bond acceptors (Lipinski definition) is 4. The third kappa shape index (κ3) is 1.99. The third-order valence-electron chi connectivity index (χ3n) is 2.27. The maximum atomic E-state index is 11.9. The van der Waals surface area contributed by atoms with Crippen molar-refractivity contribution in [2.45, 2.75) is 23.8 Å². The van der Waals surface area contributed by atoms with E-state index in [2.05, 4.69) is 15.3 Å². The highest BCUT2D eigenvalue weighted by atomic mass is 32.2. The summed E-state index contributed by atoms with van der Waals surface area (Å²) in [5.74, 6) is 0. The van der Waals surface area contributed by atoms with E-state index in [-0.39, 0.29) is 5.25 Å². The molecular formula is C9H13N3OS. The van der Waals surface area contributed by atoms with E-state index in [1.807, 2.05) is 13.0 Å². The Labute approximate surface area is 85.6 Å². The van der Waals surface area contributed by atoms with Crippen LogP contribution in [0, 0.1) is 6.92 Å². The SMILES string of the molecule is Cc1ccnc([S@](=O)[C@@H]2CCNC2)n1. The Bertz CT molecular complexity index is 350. The first-order chi connectivity index (χ1) is 6.77. The maximum absolute atomic E-state index is 11.9. The molecule has 1 aliphatic heterocycles. The van der Waals surface area contributed by atoms with E-state index in [4.69, 9.17) is 0 Å². The number of nitrogens with zero attached hydrogens (tertiary/aromatic N) is 2. The van der Waals surface area contributed by atoms with Crippen LogP contribution in [0.5, 0.6) is 0 Å². The molecule has 0 radical (unpaired) electrons. The lowest BCUT2D eigenvalue weighted by Gasteiger charge is -2.06. The molecular weight excluding hydrogens is 198 g/mol. The van der Waals surface area contributed by atoms with Crippen LogP contribution in [0.4, 0.5) is 0 Å². The van der Waals surface area contributed by atoms with Crippen LogP contribution < -0.4 is 5.32 Å². The van der Waals surface area contributed by atoms with Crippen LogP contribution in [0.25, 0.3) is 0 Å². The van der Waals surface area contributed by atoms with Crippen LogP contribution in [0.1, 0.15) is 12.1 Å². The van der Waals surface area contributed by atoms with Crippen molar-refractivity contribution < 1.29 is 4.21 Å². The van der Waals surface area contributed by atoms with Gasteiger partial charge in [0.25, 0.3) is 0 Å². The van der Waals surface area contributed by atoms with Gasteiger partial charge >= 0.3 is 0 Å². The summed E-state index contributed by atoms with van der Waals surface area (Å²) in [6, 6.07) is 1.81. The minimum Gasteiger partial charge on any atom is -0.315 e. The lowest BCUT2D eigenvalue weighted by Crippen LogP contribution is -2.20. The van der Waals surface area contributed by atoms with Crippen LogP contribution in [0.2, 0.25) is 0 Å². The van der Waals surface area contributed by atoms with E-state index >= 15 is 0 Å². The smallest absolute Gasteiger partial charge is 0.218 e. The van der Waals surface area contributed by atoms with Crippen molar-refractivity contribution in [2.24, 2.45) is 0 Å². The van der Waals surface area contributed by atoms with E-state index in [1.54, 1.807) is 6.20 Å². The lowest BCUT2D eigenvalue weighted by molar-refractivity contribution is 0.663. The fourth-order valence-corrected chi connectivity index (χ4v) is 2.78. The molecule has 0 aromatic carbocycles. The molecule has 76 valence electrons. The molecule has 0 spiro atoms. The number of aromatic nitrogens is 2. The number of aryl methyl sites for hydroxylation is 1. The summed E-state index contributed by atoms with van der Waals surface area (Å²) in [5, 5.41) is 3.84. The van der Waals surface area contributed by atoms with Gasteiger partial charge in [-0.25, -0.2) is 9.97 Å². The van der Waals surface area contributed by atoms with Gasteiger partial charge in [-0.05, 0) is 26.0 Å². The summed E-state index contributed by atoms with van der Waals surface area (Å²) in [6.45, 7) is 3.64. The first-order valence-corrected chi connectivity index (χ1v) is 5.89. The standard InChI is InChI=1S/C9H13N3OS/c1-7-2-5-11-9(12-7)14(13)8-3-4-10-6-8/h2,5,8,10H,3-4,6H2,1H3/t8-,14-/m1/s1. The van der Waals surface area contributed by atoms with Crippen molar-refractivity contribution in [3.8, 4) is 0 Å². The van der Waals surface area contributed by atoms with Crippen LogP contribution >= 0.6 is 0 Å². The molecule has 14 heavy (non-hydrogen) atoms. The second-order valence-electron chi connectivity index (χ2n) is 3.39. The average Bonchev–Trinajstić information content (AvgIpc) is 2.69. The van der Waals surface area contributed by atoms with Crippen LogP contribution in [-0.4, -0.2) is 32.5 Å². The number of nitrogens with one attached hydrogen (secondary N) is 1. The van der Waals surface area contributed by atoms with Gasteiger partial charge in [-0.2, -0.15) is 0 Å². The van der Waals surface area contributed by atoms with E-state index in [0.717, 1.165) is 25.2 Å². The fourth-order valence-electron chi connectivity index (χ4n) is 1.48. The summed E-state index contributed by atoms with van der Waals surface area (Å²) in [6.07, 6.45) is 2.61. The van der Waals surface area contributed by atoms with Crippen molar-refractivity contribution in [3.63, 3.8) is 0 Å². The van der Waals surface area contributed by atoms with Crippen LogP contribution in [-0.2, 0) is 10.8 Å². The summed E-state index contributed by atoms with van der Waals surface area (Å²) in [4.78, 5) is 8.22. The maximum Gasteiger partial charge on any atom is 0.218 e. The minimum atomic E-state index is -1.05. The normalized spacial score (nSPS) is 23.6. The van der Waals surface area contributed by atoms with E-state index < -0.39 is 10.8 Å². The minimum absolute atomic E-state index is 0.178. The van der Waals surface area contributed by atoms with Gasteiger partial charge in [-0.1, -0.05) is 0 Å². The molecule has 1 N–H and O–H groups in total. The van der Waals surface area contributed by atoms with Crippen LogP contribution in [0.3, 0.4) is 0 Å². The van der Waals surface area contributed by atoms with Gasteiger partial charge in [0, 0.05) is 18.4 Å². The molecule has 2 heterocycles. The Morgan fingerprint density at radius 3 is 3.14 bits per heavy atom. The van der Waals surface area contributed by atoms with Crippen LogP contribution in [0.15, 0.2) is 17.4 Å². The van der Waals surface area contributed by atoms with Crippen molar-refractivity contribution in [3.05, 3.63) is 18.0 Å². The lowest BCUT2D eigenvalue weighted by atomic mass is 10.4. The Balaban J connectivity index is 2.17. The number of rotatable bonds is 2. The van der Waals surface area contributed by atoms with Gasteiger partial charge in [-0.15, -0.1) is 0 Å². The Kier molecular flexibility index (Phi) is 2.88. The summed E-state index contributed by atoms with van der Waals surface area (Å²) in [7, 11) is -1.05. The zero-order valence-corrected chi connectivity index (χ0v) is 8.88. The van der Waals surface area contributed by atoms with Crippen molar-refractivity contribution in [1.82, 2.24) is 15.3 Å². The Hall–Kier alpha value is -0.810. The zero-order valence-electron chi connectivity index (χ0n) is 8.06. The first-order valence-electron chi connectivity index (χ1n) is 4.68. The van der Waals surface area contributed by atoms with Gasteiger partial charge in [0.1, 0.15) is 0 Å². The monoisotopic (exact) mass is 211 g/mol. The topological polar surface area (TPSA) is 54.9 Å². The van der Waals surface area contributed by atoms with Gasteiger partial charge in [-0.3, -0.25) is 4.21 Å². The molecule has 0 amide bonds. The molecule has 5 heteroatoms. The van der Waals surface area contributed by atoms with E-state index in [1.165, 1.54) is 0 Å². The molecule has 0 saturated carbocycles. The second-order valence-corrected chi connectivity index (χ2v) is 5.02. The molecule has 4 nitrogen and oxygen atoms in total. The van der Waals surface area contributed by atoms with Gasteiger partial charge < -0.3 is 5.32 Å². The molecule has 0 bridgehead atoms. The Morgan fingerprint density at radius 2 is 2.50 bits per heavy atom. The highest BCUT2D eigenvalue weighted by Gasteiger charge is 2.23. The molecule has 1 saturated heterocycles.